The van der Waals surface area contributed by atoms with Gasteiger partial charge in [0, 0.05) is 0 Å². The van der Waals surface area contributed by atoms with Crippen molar-refractivity contribution in [3.05, 3.63) is 169 Å². The van der Waals surface area contributed by atoms with Crippen LogP contribution in [0, 0.1) is 22.7 Å². The number of nitrogens with zero attached hydrogens (tertiary/aromatic N) is 2. The lowest BCUT2D eigenvalue weighted by Gasteiger charge is -2.16. The maximum atomic E-state index is 9.58. The lowest BCUT2D eigenvalue weighted by molar-refractivity contribution is 1.45. The molecular weight excluding hydrogens is 556 g/mol. The van der Waals surface area contributed by atoms with Crippen molar-refractivity contribution in [3.63, 3.8) is 0 Å². The van der Waals surface area contributed by atoms with Gasteiger partial charge in [0.15, 0.2) is 0 Å². The Labute approximate surface area is 267 Å². The number of nitriles is 2. The van der Waals surface area contributed by atoms with Crippen molar-refractivity contribution in [2.75, 3.05) is 0 Å². The minimum absolute atomic E-state index is 0.481. The Kier molecular flexibility index (Phi) is 6.61. The molecule has 8 rings (SSSR count). The highest BCUT2D eigenvalue weighted by atomic mass is 14.3. The van der Waals surface area contributed by atoms with Gasteiger partial charge in [-0.25, -0.2) is 0 Å². The SMILES string of the molecule is N#Cc1cc(C#N)cc(-c2ccc(-c3ccc(-c4ccc(-c5cccc6ccccc56)cc4)c4ccccc34)c3ccccc23)c1. The Hall–Kier alpha value is -6.48. The molecule has 0 heterocycles. The fourth-order valence-electron chi connectivity index (χ4n) is 6.79. The van der Waals surface area contributed by atoms with E-state index < -0.39 is 0 Å². The Bertz CT molecular complexity index is 2510. The summed E-state index contributed by atoms with van der Waals surface area (Å²) in [5.74, 6) is 0. The molecule has 0 aromatic heterocycles. The van der Waals surface area contributed by atoms with Crippen LogP contribution >= 0.6 is 0 Å². The summed E-state index contributed by atoms with van der Waals surface area (Å²) < 4.78 is 0. The molecule has 0 fully saturated rings. The van der Waals surface area contributed by atoms with E-state index in [1.54, 1.807) is 6.07 Å². The van der Waals surface area contributed by atoms with Crippen LogP contribution in [0.5, 0.6) is 0 Å². The molecular formula is C44H26N2. The predicted octanol–water partition coefficient (Wildman–Crippen LogP) is 11.6. The molecule has 212 valence electrons. The van der Waals surface area contributed by atoms with E-state index in [0.717, 1.165) is 33.0 Å². The molecule has 0 aliphatic rings. The van der Waals surface area contributed by atoms with Gasteiger partial charge < -0.3 is 0 Å². The molecule has 8 aromatic carbocycles. The fourth-order valence-corrected chi connectivity index (χ4v) is 6.79. The molecule has 0 amide bonds. The third-order valence-corrected chi connectivity index (χ3v) is 8.94. The number of fused-ring (bicyclic) bond motifs is 3. The van der Waals surface area contributed by atoms with Crippen LogP contribution < -0.4 is 0 Å². The normalized spacial score (nSPS) is 11.0. The number of rotatable bonds is 4. The van der Waals surface area contributed by atoms with E-state index >= 15 is 0 Å². The van der Waals surface area contributed by atoms with E-state index in [0.29, 0.717) is 11.1 Å². The van der Waals surface area contributed by atoms with Gasteiger partial charge in [0.05, 0.1) is 23.3 Å². The van der Waals surface area contributed by atoms with E-state index in [2.05, 4.69) is 146 Å². The molecule has 46 heavy (non-hydrogen) atoms. The first-order valence-electron chi connectivity index (χ1n) is 15.3. The first-order valence-corrected chi connectivity index (χ1v) is 15.3. The molecule has 2 nitrogen and oxygen atoms in total. The number of benzene rings is 8. The Balaban J connectivity index is 1.25. The van der Waals surface area contributed by atoms with E-state index in [1.807, 2.05) is 18.2 Å². The number of hydrogen-bond donors (Lipinski definition) is 0. The highest BCUT2D eigenvalue weighted by Crippen LogP contribution is 2.41. The van der Waals surface area contributed by atoms with E-state index in [-0.39, 0.29) is 0 Å². The highest BCUT2D eigenvalue weighted by molar-refractivity contribution is 6.12. The number of hydrogen-bond acceptors (Lipinski definition) is 2. The van der Waals surface area contributed by atoms with Gasteiger partial charge in [-0.05, 0) is 95.0 Å². The highest BCUT2D eigenvalue weighted by Gasteiger charge is 2.15. The Morgan fingerprint density at radius 1 is 0.304 bits per heavy atom. The van der Waals surface area contributed by atoms with Crippen molar-refractivity contribution in [1.82, 2.24) is 0 Å². The fraction of sp³-hybridized carbons (Fsp3) is 0. The standard InChI is InChI=1S/C44H26N2/c45-27-29-24-30(28-46)26-34(25-29)38-21-23-44(42-14-6-4-12-40(38)42)43-22-20-37(39-11-3-5-13-41(39)43)33-18-16-32(17-19-33)36-15-7-9-31-8-1-2-10-35(31)36/h1-26H. The second-order valence-electron chi connectivity index (χ2n) is 11.5. The molecule has 0 aliphatic carbocycles. The topological polar surface area (TPSA) is 47.6 Å². The monoisotopic (exact) mass is 582 g/mol. The third-order valence-electron chi connectivity index (χ3n) is 8.94. The van der Waals surface area contributed by atoms with Crippen LogP contribution in [0.2, 0.25) is 0 Å². The summed E-state index contributed by atoms with van der Waals surface area (Å²) in [6, 6.07) is 59.4. The van der Waals surface area contributed by atoms with Crippen LogP contribution in [0.3, 0.4) is 0 Å². The first kappa shape index (κ1) is 27.1. The Morgan fingerprint density at radius 2 is 0.696 bits per heavy atom. The van der Waals surface area contributed by atoms with E-state index in [1.165, 1.54) is 43.8 Å². The molecule has 0 radical (unpaired) electrons. The smallest absolute Gasteiger partial charge is 0.0992 e. The summed E-state index contributed by atoms with van der Waals surface area (Å²) in [6.45, 7) is 0. The molecule has 0 saturated carbocycles. The first-order chi connectivity index (χ1) is 22.7. The second kappa shape index (κ2) is 11.2. The van der Waals surface area contributed by atoms with Gasteiger partial charge in [-0.1, -0.05) is 140 Å². The molecule has 0 atom stereocenters. The van der Waals surface area contributed by atoms with Crippen LogP contribution in [0.15, 0.2) is 158 Å². The quantitative estimate of drug-likeness (QED) is 0.207. The molecule has 0 N–H and O–H groups in total. The zero-order valence-electron chi connectivity index (χ0n) is 24.9. The van der Waals surface area contributed by atoms with Gasteiger partial charge in [-0.2, -0.15) is 10.5 Å². The largest absolute Gasteiger partial charge is 0.192 e. The van der Waals surface area contributed by atoms with Crippen LogP contribution in [-0.2, 0) is 0 Å². The van der Waals surface area contributed by atoms with E-state index in [9.17, 15) is 10.5 Å². The molecule has 8 aromatic rings. The predicted molar refractivity (Wildman–Crippen MR) is 190 cm³/mol. The van der Waals surface area contributed by atoms with Gasteiger partial charge >= 0.3 is 0 Å². The van der Waals surface area contributed by atoms with Gasteiger partial charge in [-0.3, -0.25) is 0 Å². The molecule has 0 bridgehead atoms. The molecule has 0 unspecified atom stereocenters. The summed E-state index contributed by atoms with van der Waals surface area (Å²) in [6.07, 6.45) is 0. The zero-order chi connectivity index (χ0) is 31.0. The third kappa shape index (κ3) is 4.58. The molecule has 0 spiro atoms. The van der Waals surface area contributed by atoms with Gasteiger partial charge in [-0.15, -0.1) is 0 Å². The zero-order valence-corrected chi connectivity index (χ0v) is 24.9. The summed E-state index contributed by atoms with van der Waals surface area (Å²) in [5, 5.41) is 26.3. The Morgan fingerprint density at radius 3 is 1.22 bits per heavy atom. The van der Waals surface area contributed by atoms with E-state index in [4.69, 9.17) is 0 Å². The maximum Gasteiger partial charge on any atom is 0.0992 e. The molecule has 0 aliphatic heterocycles. The van der Waals surface area contributed by atoms with Crippen molar-refractivity contribution >= 4 is 32.3 Å². The van der Waals surface area contributed by atoms with Crippen molar-refractivity contribution in [3.8, 4) is 56.6 Å². The lowest BCUT2D eigenvalue weighted by atomic mass is 9.87. The summed E-state index contributed by atoms with van der Waals surface area (Å²) in [5.41, 5.74) is 9.95. The van der Waals surface area contributed by atoms with Crippen molar-refractivity contribution in [2.45, 2.75) is 0 Å². The lowest BCUT2D eigenvalue weighted by Crippen LogP contribution is -1.90. The maximum absolute atomic E-state index is 9.58. The average Bonchev–Trinajstić information content (AvgIpc) is 3.13. The van der Waals surface area contributed by atoms with Crippen molar-refractivity contribution in [1.29, 1.82) is 10.5 Å². The average molecular weight is 583 g/mol. The minimum atomic E-state index is 0.481. The minimum Gasteiger partial charge on any atom is -0.192 e. The second-order valence-corrected chi connectivity index (χ2v) is 11.5. The van der Waals surface area contributed by atoms with Crippen LogP contribution in [-0.4, -0.2) is 0 Å². The van der Waals surface area contributed by atoms with Gasteiger partial charge in [0.25, 0.3) is 0 Å². The summed E-state index contributed by atoms with van der Waals surface area (Å²) in [4.78, 5) is 0. The van der Waals surface area contributed by atoms with Crippen molar-refractivity contribution < 1.29 is 0 Å². The summed E-state index contributed by atoms with van der Waals surface area (Å²) >= 11 is 0. The van der Waals surface area contributed by atoms with Crippen LogP contribution in [0.25, 0.3) is 76.8 Å². The van der Waals surface area contributed by atoms with Gasteiger partial charge in [0.1, 0.15) is 0 Å². The van der Waals surface area contributed by atoms with Crippen LogP contribution in [0.4, 0.5) is 0 Å². The summed E-state index contributed by atoms with van der Waals surface area (Å²) in [7, 11) is 0. The van der Waals surface area contributed by atoms with Crippen molar-refractivity contribution in [2.24, 2.45) is 0 Å². The van der Waals surface area contributed by atoms with Crippen LogP contribution in [0.1, 0.15) is 11.1 Å². The van der Waals surface area contributed by atoms with Gasteiger partial charge in [0.2, 0.25) is 0 Å². The molecule has 0 saturated heterocycles. The molecule has 2 heteroatoms.